The molecule has 1 aliphatic rings. The van der Waals surface area contributed by atoms with E-state index in [-0.39, 0.29) is 5.97 Å². The average Bonchev–Trinajstić information content (AvgIpc) is 2.46. The fraction of sp³-hybridized carbons (Fsp3) is 0.750. The lowest BCUT2D eigenvalue weighted by Gasteiger charge is -2.26. The second-order valence-corrected chi connectivity index (χ2v) is 6.58. The average molecular weight is 243 g/mol. The summed E-state index contributed by atoms with van der Waals surface area (Å²) in [7, 11) is 0. The van der Waals surface area contributed by atoms with Crippen molar-refractivity contribution in [1.82, 2.24) is 0 Å². The van der Waals surface area contributed by atoms with Crippen molar-refractivity contribution < 1.29 is 9.53 Å². The van der Waals surface area contributed by atoms with Crippen molar-refractivity contribution in [3.05, 3.63) is 11.0 Å². The first-order chi connectivity index (χ1) is 7.14. The predicted molar refractivity (Wildman–Crippen MR) is 68.1 cm³/mol. The summed E-state index contributed by atoms with van der Waals surface area (Å²) >= 11 is 1.65. The number of nitrogens with two attached hydrogens (primary N) is 1. The Bertz CT molecular complexity index is 317. The number of carbonyl (C=O) groups is 1. The Morgan fingerprint density at radius 3 is 2.50 bits per heavy atom. The quantitative estimate of drug-likeness (QED) is 0.756. The minimum atomic E-state index is -0.947. The third-order valence-corrected chi connectivity index (χ3v) is 3.77. The highest BCUT2D eigenvalue weighted by atomic mass is 32.2. The van der Waals surface area contributed by atoms with Crippen molar-refractivity contribution in [2.45, 2.75) is 45.8 Å². The summed E-state index contributed by atoms with van der Waals surface area (Å²) in [5.41, 5.74) is 4.64. The van der Waals surface area contributed by atoms with Crippen LogP contribution in [0, 0.1) is 5.92 Å². The molecule has 0 aliphatic carbocycles. The van der Waals surface area contributed by atoms with E-state index < -0.39 is 11.1 Å². The fourth-order valence-electron chi connectivity index (χ4n) is 1.36. The van der Waals surface area contributed by atoms with E-state index in [1.165, 1.54) is 4.91 Å². The first-order valence-corrected chi connectivity index (χ1v) is 6.50. The summed E-state index contributed by atoms with van der Waals surface area (Å²) in [6, 6.07) is 0. The summed E-state index contributed by atoms with van der Waals surface area (Å²) in [6.45, 7) is 9.75. The Balaban J connectivity index is 2.77. The van der Waals surface area contributed by atoms with Gasteiger partial charge >= 0.3 is 5.97 Å². The van der Waals surface area contributed by atoms with Crippen LogP contribution in [0.15, 0.2) is 11.0 Å². The van der Waals surface area contributed by atoms with Crippen LogP contribution in [-0.2, 0) is 9.53 Å². The summed E-state index contributed by atoms with van der Waals surface area (Å²) in [5.74, 6) is 0.663. The maximum atomic E-state index is 11.9. The number of hydrogen-bond acceptors (Lipinski definition) is 4. The zero-order valence-corrected chi connectivity index (χ0v) is 11.5. The van der Waals surface area contributed by atoms with E-state index in [1.54, 1.807) is 11.8 Å². The van der Waals surface area contributed by atoms with Gasteiger partial charge < -0.3 is 10.5 Å². The van der Waals surface area contributed by atoms with Gasteiger partial charge in [0.25, 0.3) is 0 Å². The number of rotatable bonds is 2. The van der Waals surface area contributed by atoms with E-state index >= 15 is 0 Å². The third-order valence-electron chi connectivity index (χ3n) is 2.23. The molecule has 16 heavy (non-hydrogen) atoms. The van der Waals surface area contributed by atoms with Gasteiger partial charge in [-0.05, 0) is 37.7 Å². The SMILES string of the molecule is CC(C)C1=CC(N)(C(=O)OC(C)(C)C)CS1. The standard InChI is InChI=1S/C12H21NO2S/c1-8(2)9-6-12(13,7-16-9)10(14)15-11(3,4)5/h6,8H,7,13H2,1-5H3. The van der Waals surface area contributed by atoms with Crippen LogP contribution in [0.3, 0.4) is 0 Å². The highest BCUT2D eigenvalue weighted by molar-refractivity contribution is 8.03. The van der Waals surface area contributed by atoms with Crippen LogP contribution in [0.2, 0.25) is 0 Å². The lowest BCUT2D eigenvalue weighted by atomic mass is 10.0. The van der Waals surface area contributed by atoms with Crippen molar-refractivity contribution in [2.24, 2.45) is 11.7 Å². The van der Waals surface area contributed by atoms with Crippen LogP contribution in [0.5, 0.6) is 0 Å². The van der Waals surface area contributed by atoms with Crippen molar-refractivity contribution >= 4 is 17.7 Å². The van der Waals surface area contributed by atoms with Gasteiger partial charge in [0.15, 0.2) is 0 Å². The second kappa shape index (κ2) is 4.41. The van der Waals surface area contributed by atoms with Gasteiger partial charge in [-0.2, -0.15) is 0 Å². The van der Waals surface area contributed by atoms with Gasteiger partial charge in [-0.25, -0.2) is 4.79 Å². The lowest BCUT2D eigenvalue weighted by molar-refractivity contribution is -0.158. The molecule has 92 valence electrons. The maximum absolute atomic E-state index is 11.9. The van der Waals surface area contributed by atoms with Crippen LogP contribution in [0.4, 0.5) is 0 Å². The summed E-state index contributed by atoms with van der Waals surface area (Å²) in [6.07, 6.45) is 1.86. The number of carbonyl (C=O) groups excluding carboxylic acids is 1. The Kier molecular flexibility index (Phi) is 3.75. The van der Waals surface area contributed by atoms with E-state index in [2.05, 4.69) is 13.8 Å². The molecule has 1 unspecified atom stereocenters. The van der Waals surface area contributed by atoms with E-state index in [9.17, 15) is 4.79 Å². The van der Waals surface area contributed by atoms with Crippen LogP contribution >= 0.6 is 11.8 Å². The molecule has 1 heterocycles. The van der Waals surface area contributed by atoms with E-state index in [0.29, 0.717) is 11.7 Å². The number of allylic oxidation sites excluding steroid dienone is 1. The van der Waals surface area contributed by atoms with Gasteiger partial charge in [-0.3, -0.25) is 0 Å². The van der Waals surface area contributed by atoms with Gasteiger partial charge in [0, 0.05) is 5.75 Å². The number of hydrogen-bond donors (Lipinski definition) is 1. The number of esters is 1. The summed E-state index contributed by atoms with van der Waals surface area (Å²) < 4.78 is 5.33. The van der Waals surface area contributed by atoms with Crippen molar-refractivity contribution in [3.63, 3.8) is 0 Å². The van der Waals surface area contributed by atoms with Crippen LogP contribution in [-0.4, -0.2) is 22.9 Å². The second-order valence-electron chi connectivity index (χ2n) is 5.53. The molecule has 1 rings (SSSR count). The zero-order valence-electron chi connectivity index (χ0n) is 10.7. The highest BCUT2D eigenvalue weighted by Gasteiger charge is 2.40. The first kappa shape index (κ1) is 13.6. The third kappa shape index (κ3) is 3.25. The van der Waals surface area contributed by atoms with E-state index in [0.717, 1.165) is 0 Å². The Morgan fingerprint density at radius 1 is 1.56 bits per heavy atom. The van der Waals surface area contributed by atoms with Crippen LogP contribution in [0.25, 0.3) is 0 Å². The summed E-state index contributed by atoms with van der Waals surface area (Å²) in [5, 5.41) is 0. The number of ether oxygens (including phenoxy) is 1. The molecule has 0 radical (unpaired) electrons. The van der Waals surface area contributed by atoms with Crippen LogP contribution in [0.1, 0.15) is 34.6 Å². The number of thioether (sulfide) groups is 1. The van der Waals surface area contributed by atoms with Crippen molar-refractivity contribution in [1.29, 1.82) is 0 Å². The first-order valence-electron chi connectivity index (χ1n) is 5.52. The molecule has 0 spiro atoms. The van der Waals surface area contributed by atoms with Gasteiger partial charge in [-0.15, -0.1) is 11.8 Å². The molecule has 4 heteroatoms. The molecule has 0 saturated heterocycles. The van der Waals surface area contributed by atoms with Gasteiger partial charge in [0.2, 0.25) is 0 Å². The predicted octanol–water partition coefficient (Wildman–Crippen LogP) is 2.31. The molecule has 2 N–H and O–H groups in total. The van der Waals surface area contributed by atoms with Crippen molar-refractivity contribution in [2.75, 3.05) is 5.75 Å². The van der Waals surface area contributed by atoms with Crippen molar-refractivity contribution in [3.8, 4) is 0 Å². The summed E-state index contributed by atoms with van der Waals surface area (Å²) in [4.78, 5) is 13.1. The normalized spacial score (nSPS) is 25.8. The molecule has 0 aromatic carbocycles. The minimum Gasteiger partial charge on any atom is -0.458 e. The van der Waals surface area contributed by atoms with Crippen LogP contribution < -0.4 is 5.73 Å². The Hall–Kier alpha value is -0.480. The molecular weight excluding hydrogens is 222 g/mol. The molecule has 3 nitrogen and oxygen atoms in total. The molecule has 0 aromatic rings. The van der Waals surface area contributed by atoms with Gasteiger partial charge in [0.1, 0.15) is 11.1 Å². The molecule has 0 fully saturated rings. The van der Waals surface area contributed by atoms with Gasteiger partial charge in [0.05, 0.1) is 0 Å². The smallest absolute Gasteiger partial charge is 0.331 e. The topological polar surface area (TPSA) is 52.3 Å². The molecule has 1 atom stereocenters. The van der Waals surface area contributed by atoms with E-state index in [1.807, 2.05) is 26.8 Å². The zero-order chi connectivity index (χ0) is 12.6. The Labute approximate surface area is 102 Å². The molecular formula is C12H21NO2S. The maximum Gasteiger partial charge on any atom is 0.331 e. The van der Waals surface area contributed by atoms with E-state index in [4.69, 9.17) is 10.5 Å². The molecule has 1 aliphatic heterocycles. The molecule has 0 amide bonds. The molecule has 0 bridgehead atoms. The molecule has 0 saturated carbocycles. The highest BCUT2D eigenvalue weighted by Crippen LogP contribution is 2.36. The Morgan fingerprint density at radius 2 is 2.12 bits per heavy atom. The minimum absolute atomic E-state index is 0.330. The fourth-order valence-corrected chi connectivity index (χ4v) is 2.60. The largest absolute Gasteiger partial charge is 0.458 e. The van der Waals surface area contributed by atoms with Gasteiger partial charge in [-0.1, -0.05) is 13.8 Å². The lowest BCUT2D eigenvalue weighted by Crippen LogP contribution is -2.50. The monoisotopic (exact) mass is 243 g/mol. The molecule has 0 aromatic heterocycles.